The Hall–Kier alpha value is -1.46. The molecular weight excluding hydrogens is 194 g/mol. The number of carbonyl (C=O) groups is 1. The van der Waals surface area contributed by atoms with Gasteiger partial charge in [0.2, 0.25) is 0 Å². The second-order valence-electron chi connectivity index (χ2n) is 2.68. The average Bonchev–Trinajstić information content (AvgIpc) is 2.56. The van der Waals surface area contributed by atoms with Crippen LogP contribution in [0.1, 0.15) is 12.6 Å². The van der Waals surface area contributed by atoms with E-state index in [1.54, 1.807) is 0 Å². The van der Waals surface area contributed by atoms with Crippen molar-refractivity contribution in [1.82, 2.24) is 9.97 Å². The van der Waals surface area contributed by atoms with Crippen molar-refractivity contribution >= 4 is 5.97 Å². The van der Waals surface area contributed by atoms with Crippen LogP contribution in [-0.4, -0.2) is 28.5 Å². The summed E-state index contributed by atoms with van der Waals surface area (Å²) in [5.74, 6) is -5.00. The van der Waals surface area contributed by atoms with Gasteiger partial charge in [-0.2, -0.15) is 8.78 Å². The molecular formula is C8H10F2N2O2. The fourth-order valence-corrected chi connectivity index (χ4v) is 0.929. The van der Waals surface area contributed by atoms with Crippen molar-refractivity contribution in [2.45, 2.75) is 19.3 Å². The molecule has 0 saturated carbocycles. The molecule has 0 bridgehead atoms. The van der Waals surface area contributed by atoms with Crippen molar-refractivity contribution in [3.8, 4) is 0 Å². The summed E-state index contributed by atoms with van der Waals surface area (Å²) in [6, 6.07) is 0. The fourth-order valence-electron chi connectivity index (χ4n) is 0.929. The van der Waals surface area contributed by atoms with Crippen molar-refractivity contribution in [2.75, 3.05) is 6.61 Å². The van der Waals surface area contributed by atoms with Crippen LogP contribution in [0.2, 0.25) is 0 Å². The van der Waals surface area contributed by atoms with E-state index in [9.17, 15) is 13.6 Å². The van der Waals surface area contributed by atoms with E-state index in [1.165, 1.54) is 19.4 Å². The van der Waals surface area contributed by atoms with Crippen LogP contribution in [0.3, 0.4) is 0 Å². The van der Waals surface area contributed by atoms with E-state index in [2.05, 4.69) is 14.7 Å². The van der Waals surface area contributed by atoms with Gasteiger partial charge in [0.15, 0.2) is 0 Å². The molecule has 0 aliphatic heterocycles. The number of aromatic amines is 1. The zero-order valence-corrected chi connectivity index (χ0v) is 7.59. The Morgan fingerprint density at radius 1 is 1.71 bits per heavy atom. The van der Waals surface area contributed by atoms with Gasteiger partial charge in [-0.05, 0) is 6.92 Å². The highest BCUT2D eigenvalue weighted by molar-refractivity contribution is 5.77. The van der Waals surface area contributed by atoms with Gasteiger partial charge in [0, 0.05) is 11.9 Å². The van der Waals surface area contributed by atoms with Crippen LogP contribution in [0.5, 0.6) is 0 Å². The van der Waals surface area contributed by atoms with E-state index >= 15 is 0 Å². The van der Waals surface area contributed by atoms with Gasteiger partial charge in [0.1, 0.15) is 0 Å². The maximum atomic E-state index is 13.0. The van der Waals surface area contributed by atoms with Crippen molar-refractivity contribution < 1.29 is 18.3 Å². The number of nitrogens with one attached hydrogen (secondary N) is 1. The van der Waals surface area contributed by atoms with E-state index < -0.39 is 18.3 Å². The van der Waals surface area contributed by atoms with Gasteiger partial charge in [-0.3, -0.25) is 0 Å². The van der Waals surface area contributed by atoms with Crippen LogP contribution in [0.15, 0.2) is 12.5 Å². The normalized spacial score (nSPS) is 11.4. The van der Waals surface area contributed by atoms with Crippen molar-refractivity contribution in [3.63, 3.8) is 0 Å². The monoisotopic (exact) mass is 204 g/mol. The average molecular weight is 204 g/mol. The number of alkyl halides is 2. The quantitative estimate of drug-likeness (QED) is 0.748. The minimum atomic E-state index is -3.50. The molecule has 0 amide bonds. The number of rotatable bonds is 4. The van der Waals surface area contributed by atoms with Crippen LogP contribution in [0.25, 0.3) is 0 Å². The second kappa shape index (κ2) is 4.17. The first kappa shape index (κ1) is 10.6. The van der Waals surface area contributed by atoms with Gasteiger partial charge in [-0.25, -0.2) is 9.78 Å². The van der Waals surface area contributed by atoms with Gasteiger partial charge in [0.25, 0.3) is 0 Å². The van der Waals surface area contributed by atoms with Crippen LogP contribution in [0, 0.1) is 0 Å². The fraction of sp³-hybridized carbons (Fsp3) is 0.500. The molecule has 0 aromatic carbocycles. The molecule has 0 atom stereocenters. The molecule has 4 nitrogen and oxygen atoms in total. The molecule has 1 aromatic rings. The number of hydrogen-bond donors (Lipinski definition) is 1. The van der Waals surface area contributed by atoms with Crippen LogP contribution >= 0.6 is 0 Å². The molecule has 14 heavy (non-hydrogen) atoms. The van der Waals surface area contributed by atoms with Crippen molar-refractivity contribution in [3.05, 3.63) is 18.2 Å². The van der Waals surface area contributed by atoms with Gasteiger partial charge < -0.3 is 9.72 Å². The van der Waals surface area contributed by atoms with E-state index in [0.29, 0.717) is 0 Å². The highest BCUT2D eigenvalue weighted by Gasteiger charge is 2.40. The van der Waals surface area contributed by atoms with Gasteiger partial charge in [-0.1, -0.05) is 0 Å². The summed E-state index contributed by atoms with van der Waals surface area (Å²) in [5, 5.41) is 0. The molecule has 0 radical (unpaired) electrons. The largest absolute Gasteiger partial charge is 0.462 e. The lowest BCUT2D eigenvalue weighted by Gasteiger charge is -2.12. The smallest absolute Gasteiger partial charge is 0.377 e. The predicted molar refractivity (Wildman–Crippen MR) is 43.9 cm³/mol. The third kappa shape index (κ3) is 2.51. The van der Waals surface area contributed by atoms with Gasteiger partial charge in [0.05, 0.1) is 19.4 Å². The Morgan fingerprint density at radius 3 is 2.93 bits per heavy atom. The van der Waals surface area contributed by atoms with E-state index in [0.717, 1.165) is 0 Å². The number of hydrogen-bond acceptors (Lipinski definition) is 3. The Bertz CT molecular complexity index is 298. The summed E-state index contributed by atoms with van der Waals surface area (Å²) in [5.41, 5.74) is 0.197. The summed E-state index contributed by atoms with van der Waals surface area (Å²) in [7, 11) is 0. The first-order chi connectivity index (χ1) is 6.56. The molecule has 0 unspecified atom stereocenters. The molecule has 0 aliphatic rings. The van der Waals surface area contributed by atoms with Crippen LogP contribution in [-0.2, 0) is 16.0 Å². The predicted octanol–water partition coefficient (Wildman–Crippen LogP) is 1.15. The zero-order valence-electron chi connectivity index (χ0n) is 7.59. The number of aromatic nitrogens is 2. The molecule has 1 rings (SSSR count). The Balaban J connectivity index is 2.61. The Morgan fingerprint density at radius 2 is 2.43 bits per heavy atom. The summed E-state index contributed by atoms with van der Waals surface area (Å²) in [6.45, 7) is 1.42. The Kier molecular flexibility index (Phi) is 3.16. The van der Waals surface area contributed by atoms with Crippen molar-refractivity contribution in [2.24, 2.45) is 0 Å². The number of imidazole rings is 1. The Labute approximate surface area is 79.3 Å². The minimum Gasteiger partial charge on any atom is -0.462 e. The summed E-state index contributed by atoms with van der Waals surface area (Å²) >= 11 is 0. The van der Waals surface area contributed by atoms with Crippen LogP contribution < -0.4 is 0 Å². The van der Waals surface area contributed by atoms with E-state index in [-0.39, 0.29) is 12.3 Å². The summed E-state index contributed by atoms with van der Waals surface area (Å²) in [6.07, 6.45) is 1.80. The van der Waals surface area contributed by atoms with E-state index in [1.807, 2.05) is 0 Å². The maximum Gasteiger partial charge on any atom is 0.377 e. The molecule has 78 valence electrons. The highest BCUT2D eigenvalue weighted by atomic mass is 19.3. The first-order valence-corrected chi connectivity index (χ1v) is 4.08. The highest BCUT2D eigenvalue weighted by Crippen LogP contribution is 2.20. The lowest BCUT2D eigenvalue weighted by atomic mass is 10.2. The first-order valence-electron chi connectivity index (χ1n) is 4.08. The molecule has 0 saturated heterocycles. The molecule has 0 aliphatic carbocycles. The van der Waals surface area contributed by atoms with Crippen LogP contribution in [0.4, 0.5) is 8.78 Å². The van der Waals surface area contributed by atoms with Crippen molar-refractivity contribution in [1.29, 1.82) is 0 Å². The molecule has 0 spiro atoms. The van der Waals surface area contributed by atoms with Gasteiger partial charge in [-0.15, -0.1) is 0 Å². The number of esters is 1. The second-order valence-corrected chi connectivity index (χ2v) is 2.68. The lowest BCUT2D eigenvalue weighted by Crippen LogP contribution is -2.33. The number of halogens is 2. The van der Waals surface area contributed by atoms with Gasteiger partial charge >= 0.3 is 11.9 Å². The number of H-pyrrole nitrogens is 1. The molecule has 0 fully saturated rings. The minimum absolute atomic E-state index is 0.0581. The number of carbonyl (C=O) groups excluding carboxylic acids is 1. The lowest BCUT2D eigenvalue weighted by molar-refractivity contribution is -0.171. The molecule has 1 N–H and O–H groups in total. The number of nitrogens with zero attached hydrogens (tertiary/aromatic N) is 1. The summed E-state index contributed by atoms with van der Waals surface area (Å²) in [4.78, 5) is 16.8. The zero-order chi connectivity index (χ0) is 10.6. The summed E-state index contributed by atoms with van der Waals surface area (Å²) < 4.78 is 30.3. The third-order valence-electron chi connectivity index (χ3n) is 1.54. The standard InChI is InChI=1S/C8H10F2N2O2/c1-2-14-7(13)8(9,10)3-6-4-11-5-12-6/h4-5H,2-3H2,1H3,(H,11,12). The topological polar surface area (TPSA) is 55.0 Å². The molecule has 6 heteroatoms. The maximum absolute atomic E-state index is 13.0. The number of ether oxygens (including phenoxy) is 1. The third-order valence-corrected chi connectivity index (χ3v) is 1.54. The molecule has 1 aromatic heterocycles. The SMILES string of the molecule is CCOC(=O)C(F)(F)Cc1cnc[nH]1. The van der Waals surface area contributed by atoms with E-state index in [4.69, 9.17) is 0 Å². The molecule has 1 heterocycles.